The van der Waals surface area contributed by atoms with Gasteiger partial charge in [0.15, 0.2) is 0 Å². The van der Waals surface area contributed by atoms with Crippen LogP contribution in [0.3, 0.4) is 0 Å². The molecule has 0 saturated heterocycles. The van der Waals surface area contributed by atoms with Gasteiger partial charge in [-0.2, -0.15) is 0 Å². The second-order valence-electron chi connectivity index (χ2n) is 5.23. The third-order valence-corrected chi connectivity index (χ3v) is 3.41. The van der Waals surface area contributed by atoms with Crippen molar-refractivity contribution in [2.75, 3.05) is 0 Å². The molecule has 0 aliphatic rings. The lowest BCUT2D eigenvalue weighted by Crippen LogP contribution is -2.41. The summed E-state index contributed by atoms with van der Waals surface area (Å²) in [6.07, 6.45) is 1.36. The molecule has 0 amide bonds. The Morgan fingerprint density at radius 2 is 1.79 bits per heavy atom. The minimum atomic E-state index is -0.414. The van der Waals surface area contributed by atoms with E-state index in [0.717, 1.165) is 12.0 Å². The highest BCUT2D eigenvalue weighted by atomic mass is 35.5. The van der Waals surface area contributed by atoms with Crippen molar-refractivity contribution < 1.29 is 4.39 Å². The van der Waals surface area contributed by atoms with Gasteiger partial charge in [0.05, 0.1) is 0 Å². The molecule has 2 N–H and O–H groups in total. The average Bonchev–Trinajstić information content (AvgIpc) is 2.33. The van der Waals surface area contributed by atoms with E-state index in [4.69, 9.17) is 17.3 Å². The molecular formula is C16H17ClFN. The first kappa shape index (κ1) is 14.0. The number of benzene rings is 2. The molecule has 3 heteroatoms. The van der Waals surface area contributed by atoms with Crippen molar-refractivity contribution in [1.82, 2.24) is 0 Å². The summed E-state index contributed by atoms with van der Waals surface area (Å²) in [5.74, 6) is -0.324. The normalized spacial score (nSPS) is 14.1. The van der Waals surface area contributed by atoms with Crippen LogP contribution in [0.5, 0.6) is 0 Å². The second-order valence-corrected chi connectivity index (χ2v) is 5.64. The van der Waals surface area contributed by atoms with Gasteiger partial charge in [0.2, 0.25) is 0 Å². The van der Waals surface area contributed by atoms with E-state index in [0.29, 0.717) is 11.4 Å². The van der Waals surface area contributed by atoms with Crippen LogP contribution in [0, 0.1) is 5.82 Å². The van der Waals surface area contributed by atoms with Crippen LogP contribution in [0.2, 0.25) is 5.02 Å². The summed E-state index contributed by atoms with van der Waals surface area (Å²) in [7, 11) is 0. The summed E-state index contributed by atoms with van der Waals surface area (Å²) in [5, 5.41) is 0.435. The predicted molar refractivity (Wildman–Crippen MR) is 77.9 cm³/mol. The van der Waals surface area contributed by atoms with Crippen LogP contribution in [0.1, 0.15) is 18.1 Å². The monoisotopic (exact) mass is 277 g/mol. The Balaban J connectivity index is 2.12. The van der Waals surface area contributed by atoms with Crippen molar-refractivity contribution in [3.8, 4) is 0 Å². The zero-order chi connectivity index (χ0) is 13.9. The molecule has 2 rings (SSSR count). The number of rotatable bonds is 4. The summed E-state index contributed by atoms with van der Waals surface area (Å²) >= 11 is 6.04. The molecule has 0 aromatic heterocycles. The van der Waals surface area contributed by atoms with E-state index < -0.39 is 5.54 Å². The van der Waals surface area contributed by atoms with Crippen molar-refractivity contribution in [2.24, 2.45) is 5.73 Å². The van der Waals surface area contributed by atoms with Crippen LogP contribution in [0.15, 0.2) is 48.5 Å². The Morgan fingerprint density at radius 1 is 1.11 bits per heavy atom. The average molecular weight is 278 g/mol. The Hall–Kier alpha value is -1.38. The fourth-order valence-corrected chi connectivity index (χ4v) is 2.46. The molecule has 0 aliphatic heterocycles. The lowest BCUT2D eigenvalue weighted by Gasteiger charge is -2.25. The molecule has 2 aromatic carbocycles. The second kappa shape index (κ2) is 5.72. The highest BCUT2D eigenvalue weighted by Crippen LogP contribution is 2.23. The molecule has 1 atom stereocenters. The van der Waals surface area contributed by atoms with Crippen LogP contribution in [-0.4, -0.2) is 5.54 Å². The molecule has 0 radical (unpaired) electrons. The van der Waals surface area contributed by atoms with Gasteiger partial charge in [-0.15, -0.1) is 0 Å². The zero-order valence-corrected chi connectivity index (χ0v) is 11.6. The summed E-state index contributed by atoms with van der Waals surface area (Å²) in [6.45, 7) is 1.99. The summed E-state index contributed by atoms with van der Waals surface area (Å²) in [4.78, 5) is 0. The SMILES string of the molecule is CC(N)(Cc1ccccc1)Cc1ccc(F)cc1Cl. The Labute approximate surface area is 118 Å². The minimum Gasteiger partial charge on any atom is -0.325 e. The highest BCUT2D eigenvalue weighted by Gasteiger charge is 2.21. The van der Waals surface area contributed by atoms with Gasteiger partial charge in [0.1, 0.15) is 5.82 Å². The summed E-state index contributed by atoms with van der Waals surface area (Å²) in [6, 6.07) is 14.5. The van der Waals surface area contributed by atoms with E-state index in [-0.39, 0.29) is 5.82 Å². The quantitative estimate of drug-likeness (QED) is 0.899. The first-order valence-corrected chi connectivity index (χ1v) is 6.61. The van der Waals surface area contributed by atoms with E-state index in [9.17, 15) is 4.39 Å². The van der Waals surface area contributed by atoms with Crippen LogP contribution in [0.25, 0.3) is 0 Å². The zero-order valence-electron chi connectivity index (χ0n) is 10.9. The minimum absolute atomic E-state index is 0.324. The van der Waals surface area contributed by atoms with Gasteiger partial charge >= 0.3 is 0 Å². The van der Waals surface area contributed by atoms with Gasteiger partial charge in [-0.3, -0.25) is 0 Å². The maximum atomic E-state index is 13.0. The lowest BCUT2D eigenvalue weighted by molar-refractivity contribution is 0.462. The standard InChI is InChI=1S/C16H17ClFN/c1-16(19,10-12-5-3-2-4-6-12)11-13-7-8-14(18)9-15(13)17/h2-9H,10-11,19H2,1H3. The number of hydrogen-bond donors (Lipinski definition) is 1. The molecule has 1 unspecified atom stereocenters. The molecular weight excluding hydrogens is 261 g/mol. The van der Waals surface area contributed by atoms with E-state index >= 15 is 0 Å². The molecule has 1 nitrogen and oxygen atoms in total. The van der Waals surface area contributed by atoms with Crippen LogP contribution in [-0.2, 0) is 12.8 Å². The van der Waals surface area contributed by atoms with Gasteiger partial charge < -0.3 is 5.73 Å². The lowest BCUT2D eigenvalue weighted by atomic mass is 9.87. The maximum absolute atomic E-state index is 13.0. The fraction of sp³-hybridized carbons (Fsp3) is 0.250. The van der Waals surface area contributed by atoms with Crippen molar-refractivity contribution in [2.45, 2.75) is 25.3 Å². The third kappa shape index (κ3) is 4.05. The van der Waals surface area contributed by atoms with Gasteiger partial charge in [-0.25, -0.2) is 4.39 Å². The summed E-state index contributed by atoms with van der Waals surface area (Å²) < 4.78 is 13.0. The van der Waals surface area contributed by atoms with Crippen molar-refractivity contribution in [3.05, 3.63) is 70.5 Å². The first-order valence-electron chi connectivity index (χ1n) is 6.23. The molecule has 0 heterocycles. The molecule has 0 aliphatic carbocycles. The van der Waals surface area contributed by atoms with Crippen molar-refractivity contribution in [1.29, 1.82) is 0 Å². The fourth-order valence-electron chi connectivity index (χ4n) is 2.22. The Bertz CT molecular complexity index is 552. The first-order chi connectivity index (χ1) is 8.96. The Kier molecular flexibility index (Phi) is 4.23. The summed E-state index contributed by atoms with van der Waals surface area (Å²) in [5.41, 5.74) is 7.99. The van der Waals surface area contributed by atoms with Gasteiger partial charge in [0.25, 0.3) is 0 Å². The molecule has 100 valence electrons. The van der Waals surface area contributed by atoms with Gasteiger partial charge in [-0.05, 0) is 43.0 Å². The number of nitrogens with two attached hydrogens (primary N) is 1. The maximum Gasteiger partial charge on any atom is 0.124 e. The molecule has 0 spiro atoms. The van der Waals surface area contributed by atoms with E-state index in [2.05, 4.69) is 12.1 Å². The van der Waals surface area contributed by atoms with Crippen LogP contribution in [0.4, 0.5) is 4.39 Å². The van der Waals surface area contributed by atoms with Crippen LogP contribution >= 0.6 is 11.6 Å². The molecule has 0 saturated carbocycles. The molecule has 0 bridgehead atoms. The van der Waals surface area contributed by atoms with Gasteiger partial charge in [-0.1, -0.05) is 48.0 Å². The predicted octanol–water partition coefficient (Wildman–Crippen LogP) is 3.98. The highest BCUT2D eigenvalue weighted by molar-refractivity contribution is 6.31. The number of hydrogen-bond acceptors (Lipinski definition) is 1. The van der Waals surface area contributed by atoms with E-state index in [1.54, 1.807) is 6.07 Å². The largest absolute Gasteiger partial charge is 0.325 e. The van der Waals surface area contributed by atoms with Crippen molar-refractivity contribution >= 4 is 11.6 Å². The molecule has 19 heavy (non-hydrogen) atoms. The molecule has 2 aromatic rings. The van der Waals surface area contributed by atoms with Gasteiger partial charge in [0, 0.05) is 10.6 Å². The van der Waals surface area contributed by atoms with E-state index in [1.165, 1.54) is 17.7 Å². The topological polar surface area (TPSA) is 26.0 Å². The molecule has 0 fully saturated rings. The Morgan fingerprint density at radius 3 is 2.42 bits per heavy atom. The number of halogens is 2. The van der Waals surface area contributed by atoms with E-state index in [1.807, 2.05) is 25.1 Å². The van der Waals surface area contributed by atoms with Crippen molar-refractivity contribution in [3.63, 3.8) is 0 Å². The smallest absolute Gasteiger partial charge is 0.124 e. The third-order valence-electron chi connectivity index (χ3n) is 3.06. The van der Waals surface area contributed by atoms with Crippen LogP contribution < -0.4 is 5.73 Å².